The molecule has 156 valence electrons. The molecule has 0 unspecified atom stereocenters. The molecule has 0 aromatic carbocycles. The molecule has 2 rings (SSSR count). The Morgan fingerprint density at radius 1 is 1.37 bits per heavy atom. The van der Waals surface area contributed by atoms with Gasteiger partial charge >= 0.3 is 0 Å². The molecule has 0 atom stereocenters. The summed E-state index contributed by atoms with van der Waals surface area (Å²) in [6.45, 7) is 8.78. The maximum atomic E-state index is 5.93. The largest absolute Gasteiger partial charge is 0.385 e. The molecule has 6 nitrogen and oxygen atoms in total. The number of thiazole rings is 1. The fourth-order valence-corrected chi connectivity index (χ4v) is 3.89. The van der Waals surface area contributed by atoms with Crippen molar-refractivity contribution in [2.75, 3.05) is 47.0 Å². The molecule has 1 aromatic heterocycles. The zero-order chi connectivity index (χ0) is 18.8. The van der Waals surface area contributed by atoms with E-state index in [1.165, 1.54) is 10.7 Å². The Kier molecular flexibility index (Phi) is 12.5. The van der Waals surface area contributed by atoms with Crippen LogP contribution in [0, 0.1) is 0 Å². The van der Waals surface area contributed by atoms with Gasteiger partial charge in [-0.2, -0.15) is 0 Å². The number of halogens is 1. The molecule has 1 aliphatic rings. The fourth-order valence-electron chi connectivity index (χ4n) is 3.02. The molecular weight excluding hydrogens is 475 g/mol. The van der Waals surface area contributed by atoms with Gasteiger partial charge in [0.25, 0.3) is 0 Å². The second kappa shape index (κ2) is 13.7. The molecule has 1 aliphatic heterocycles. The van der Waals surface area contributed by atoms with Crippen LogP contribution in [0.5, 0.6) is 0 Å². The molecule has 0 aliphatic carbocycles. The topological polar surface area (TPSA) is 59.0 Å². The predicted molar refractivity (Wildman–Crippen MR) is 124 cm³/mol. The second-order valence-electron chi connectivity index (χ2n) is 6.96. The van der Waals surface area contributed by atoms with E-state index in [1.807, 2.05) is 7.05 Å². The molecule has 0 saturated carbocycles. The number of nitrogens with zero attached hydrogens (tertiary/aromatic N) is 3. The Morgan fingerprint density at radius 3 is 2.70 bits per heavy atom. The number of likely N-dealkylation sites (tertiary alicyclic amines) is 1. The standard InChI is InChI=1S/C19H34N4O2S.HI/c1-15(2)18-22-16(14-26-18)6-9-21-19(20-3)23-10-7-17(8-11-23)25-13-5-12-24-4;/h14-15,17H,5-13H2,1-4H3,(H,20,21);1H. The van der Waals surface area contributed by atoms with E-state index < -0.39 is 0 Å². The van der Waals surface area contributed by atoms with Crippen LogP contribution in [0.3, 0.4) is 0 Å². The van der Waals surface area contributed by atoms with Crippen molar-refractivity contribution in [1.29, 1.82) is 0 Å². The molecule has 1 saturated heterocycles. The summed E-state index contributed by atoms with van der Waals surface area (Å²) in [5, 5.41) is 6.88. The van der Waals surface area contributed by atoms with Crippen LogP contribution in [0.4, 0.5) is 0 Å². The number of aliphatic imine (C=N–C) groups is 1. The highest BCUT2D eigenvalue weighted by molar-refractivity contribution is 14.0. The summed E-state index contributed by atoms with van der Waals surface area (Å²) in [4.78, 5) is 11.5. The minimum atomic E-state index is 0. The van der Waals surface area contributed by atoms with Gasteiger partial charge in [0.1, 0.15) is 0 Å². The van der Waals surface area contributed by atoms with Crippen molar-refractivity contribution in [2.24, 2.45) is 4.99 Å². The first-order valence-corrected chi connectivity index (χ1v) is 10.5. The normalized spacial score (nSPS) is 15.9. The van der Waals surface area contributed by atoms with Gasteiger partial charge < -0.3 is 19.7 Å². The van der Waals surface area contributed by atoms with Gasteiger partial charge in [0.15, 0.2) is 5.96 Å². The number of hydrogen-bond acceptors (Lipinski definition) is 5. The number of guanidine groups is 1. The predicted octanol–water partition coefficient (Wildman–Crippen LogP) is 3.52. The van der Waals surface area contributed by atoms with Crippen LogP contribution in [-0.2, 0) is 15.9 Å². The summed E-state index contributed by atoms with van der Waals surface area (Å²) in [6, 6.07) is 0. The minimum Gasteiger partial charge on any atom is -0.385 e. The first kappa shape index (κ1) is 24.6. The van der Waals surface area contributed by atoms with Gasteiger partial charge in [-0.25, -0.2) is 4.98 Å². The van der Waals surface area contributed by atoms with Crippen molar-refractivity contribution in [3.8, 4) is 0 Å². The van der Waals surface area contributed by atoms with Crippen LogP contribution in [0.1, 0.15) is 49.7 Å². The van der Waals surface area contributed by atoms with Crippen LogP contribution in [0.2, 0.25) is 0 Å². The summed E-state index contributed by atoms with van der Waals surface area (Å²) >= 11 is 1.76. The van der Waals surface area contributed by atoms with Gasteiger partial charge in [-0.1, -0.05) is 13.8 Å². The number of ether oxygens (including phenoxy) is 2. The van der Waals surface area contributed by atoms with Gasteiger partial charge in [-0.15, -0.1) is 35.3 Å². The smallest absolute Gasteiger partial charge is 0.193 e. The third kappa shape index (κ3) is 8.62. The van der Waals surface area contributed by atoms with Crippen LogP contribution in [0.15, 0.2) is 10.4 Å². The first-order chi connectivity index (χ1) is 12.6. The molecule has 0 bridgehead atoms. The Morgan fingerprint density at radius 2 is 2.11 bits per heavy atom. The van der Waals surface area contributed by atoms with Crippen molar-refractivity contribution in [2.45, 2.75) is 51.6 Å². The highest BCUT2D eigenvalue weighted by Crippen LogP contribution is 2.19. The van der Waals surface area contributed by atoms with E-state index in [4.69, 9.17) is 14.5 Å². The quantitative estimate of drug-likeness (QED) is 0.239. The highest BCUT2D eigenvalue weighted by atomic mass is 127. The molecule has 1 N–H and O–H groups in total. The number of methoxy groups -OCH3 is 1. The summed E-state index contributed by atoms with van der Waals surface area (Å²) < 4.78 is 11.0. The molecule has 1 fully saturated rings. The zero-order valence-corrected chi connectivity index (χ0v) is 20.2. The molecule has 8 heteroatoms. The van der Waals surface area contributed by atoms with Crippen molar-refractivity contribution < 1.29 is 9.47 Å². The molecular formula is C19H35IN4O2S. The van der Waals surface area contributed by atoms with E-state index in [2.05, 4.69) is 34.4 Å². The lowest BCUT2D eigenvalue weighted by Gasteiger charge is -2.34. The third-order valence-electron chi connectivity index (χ3n) is 4.53. The van der Waals surface area contributed by atoms with Crippen molar-refractivity contribution in [3.63, 3.8) is 0 Å². The SMILES string of the molecule is CN=C(NCCc1csc(C(C)C)n1)N1CCC(OCCCOC)CC1.I. The Labute approximate surface area is 185 Å². The maximum Gasteiger partial charge on any atom is 0.193 e. The summed E-state index contributed by atoms with van der Waals surface area (Å²) in [7, 11) is 3.59. The number of nitrogens with one attached hydrogen (secondary N) is 1. The molecule has 0 amide bonds. The molecule has 1 aromatic rings. The number of rotatable bonds is 9. The first-order valence-electron chi connectivity index (χ1n) is 9.64. The van der Waals surface area contributed by atoms with E-state index in [-0.39, 0.29) is 24.0 Å². The van der Waals surface area contributed by atoms with Gasteiger partial charge in [0.2, 0.25) is 0 Å². The van der Waals surface area contributed by atoms with Crippen molar-refractivity contribution in [1.82, 2.24) is 15.2 Å². The van der Waals surface area contributed by atoms with E-state index in [1.54, 1.807) is 18.4 Å². The number of hydrogen-bond donors (Lipinski definition) is 1. The Balaban J connectivity index is 0.00000364. The average molecular weight is 510 g/mol. The van der Waals surface area contributed by atoms with Crippen LogP contribution < -0.4 is 5.32 Å². The lowest BCUT2D eigenvalue weighted by molar-refractivity contribution is 0.00992. The van der Waals surface area contributed by atoms with Crippen LogP contribution in [0.25, 0.3) is 0 Å². The second-order valence-corrected chi connectivity index (χ2v) is 7.85. The summed E-state index contributed by atoms with van der Waals surface area (Å²) in [6.07, 6.45) is 4.37. The van der Waals surface area contributed by atoms with E-state index in [0.717, 1.165) is 64.5 Å². The summed E-state index contributed by atoms with van der Waals surface area (Å²) in [5.74, 6) is 1.50. The molecule has 2 heterocycles. The van der Waals surface area contributed by atoms with Crippen LogP contribution >= 0.6 is 35.3 Å². The lowest BCUT2D eigenvalue weighted by atomic mass is 10.1. The fraction of sp³-hybridized carbons (Fsp3) is 0.789. The lowest BCUT2D eigenvalue weighted by Crippen LogP contribution is -2.47. The van der Waals surface area contributed by atoms with Gasteiger partial charge in [0, 0.05) is 64.7 Å². The van der Waals surface area contributed by atoms with Crippen LogP contribution in [-0.4, -0.2) is 69.0 Å². The third-order valence-corrected chi connectivity index (χ3v) is 5.72. The van der Waals surface area contributed by atoms with Gasteiger partial charge in [-0.3, -0.25) is 4.99 Å². The van der Waals surface area contributed by atoms with Gasteiger partial charge in [-0.05, 0) is 19.3 Å². The van der Waals surface area contributed by atoms with E-state index in [0.29, 0.717) is 12.0 Å². The van der Waals surface area contributed by atoms with E-state index >= 15 is 0 Å². The maximum absolute atomic E-state index is 5.93. The van der Waals surface area contributed by atoms with Gasteiger partial charge in [0.05, 0.1) is 16.8 Å². The monoisotopic (exact) mass is 510 g/mol. The molecule has 0 radical (unpaired) electrons. The Bertz CT molecular complexity index is 546. The Hall–Kier alpha value is -0.450. The minimum absolute atomic E-state index is 0. The highest BCUT2D eigenvalue weighted by Gasteiger charge is 2.21. The van der Waals surface area contributed by atoms with E-state index in [9.17, 15) is 0 Å². The molecule has 27 heavy (non-hydrogen) atoms. The molecule has 0 spiro atoms. The zero-order valence-electron chi connectivity index (χ0n) is 17.1. The average Bonchev–Trinajstić information content (AvgIpc) is 3.12. The van der Waals surface area contributed by atoms with Crippen molar-refractivity contribution in [3.05, 3.63) is 16.1 Å². The van der Waals surface area contributed by atoms with Crippen molar-refractivity contribution >= 4 is 41.3 Å². The number of piperidine rings is 1. The number of aromatic nitrogens is 1. The summed E-state index contributed by atoms with van der Waals surface area (Å²) in [5.41, 5.74) is 1.17.